The van der Waals surface area contributed by atoms with E-state index in [4.69, 9.17) is 0 Å². The molecule has 1 aliphatic heterocycles. The fraction of sp³-hybridized carbons (Fsp3) is 0. The molecule has 0 spiro atoms. The van der Waals surface area contributed by atoms with E-state index in [1.54, 1.807) is 18.2 Å². The molecule has 64 valence electrons. The number of carbonyl (C=O) groups excluding carboxylic acids is 2. The molecule has 0 aliphatic carbocycles. The number of hydrogen-bond donors (Lipinski definition) is 1. The van der Waals surface area contributed by atoms with Crippen molar-refractivity contribution in [1.29, 1.82) is 0 Å². The maximum absolute atomic E-state index is 11.3. The van der Waals surface area contributed by atoms with Crippen LogP contribution >= 0.6 is 0 Å². The standard InChI is InChI=1S/C10H6NO2.K/c1-6-7-4-2-3-5-8(7)10(13)11-9(6)12;/h3-5H,1H2,(H,11,12,13);/q-1;+1. The van der Waals surface area contributed by atoms with Crippen LogP contribution in [0.15, 0.2) is 24.8 Å². The first kappa shape index (κ1) is 11.8. The maximum Gasteiger partial charge on any atom is 1.00 e. The molecule has 1 N–H and O–H groups in total. The molecule has 0 saturated heterocycles. The Kier molecular flexibility index (Phi) is 3.80. The molecule has 14 heavy (non-hydrogen) atoms. The van der Waals surface area contributed by atoms with Gasteiger partial charge in [-0.3, -0.25) is 14.9 Å². The minimum absolute atomic E-state index is 0. The predicted molar refractivity (Wildman–Crippen MR) is 46.8 cm³/mol. The molecule has 1 aromatic carbocycles. The van der Waals surface area contributed by atoms with Crippen molar-refractivity contribution in [3.05, 3.63) is 42.0 Å². The molecule has 1 aromatic rings. The number of benzene rings is 1. The summed E-state index contributed by atoms with van der Waals surface area (Å²) in [7, 11) is 0. The normalized spacial score (nSPS) is 14.1. The van der Waals surface area contributed by atoms with Crippen LogP contribution in [-0.4, -0.2) is 11.8 Å². The van der Waals surface area contributed by atoms with Crippen molar-refractivity contribution in [2.45, 2.75) is 0 Å². The van der Waals surface area contributed by atoms with E-state index in [0.717, 1.165) is 0 Å². The van der Waals surface area contributed by atoms with Gasteiger partial charge in [-0.25, -0.2) is 0 Å². The number of hydrogen-bond acceptors (Lipinski definition) is 2. The van der Waals surface area contributed by atoms with Gasteiger partial charge in [-0.1, -0.05) is 12.1 Å². The third-order valence-corrected chi connectivity index (χ3v) is 1.93. The molecular weight excluding hydrogens is 205 g/mol. The summed E-state index contributed by atoms with van der Waals surface area (Å²) in [5, 5.41) is 2.19. The minimum Gasteiger partial charge on any atom is -0.291 e. The van der Waals surface area contributed by atoms with Crippen molar-refractivity contribution < 1.29 is 61.0 Å². The van der Waals surface area contributed by atoms with Gasteiger partial charge in [0.15, 0.2) is 0 Å². The van der Waals surface area contributed by atoms with Gasteiger partial charge in [0.2, 0.25) is 11.8 Å². The summed E-state index contributed by atoms with van der Waals surface area (Å²) in [5.41, 5.74) is 1.35. The smallest absolute Gasteiger partial charge is 0.291 e. The van der Waals surface area contributed by atoms with Crippen molar-refractivity contribution >= 4 is 17.4 Å². The fourth-order valence-corrected chi connectivity index (χ4v) is 1.25. The second kappa shape index (κ2) is 4.50. The van der Waals surface area contributed by atoms with Gasteiger partial charge in [-0.2, -0.15) is 24.3 Å². The Balaban J connectivity index is 0.000000980. The molecule has 3 nitrogen and oxygen atoms in total. The average Bonchev–Trinajstić information content (AvgIpc) is 2.15. The first-order valence-electron chi connectivity index (χ1n) is 3.75. The maximum atomic E-state index is 11.3. The quantitative estimate of drug-likeness (QED) is 0.228. The fourth-order valence-electron chi connectivity index (χ4n) is 1.25. The summed E-state index contributed by atoms with van der Waals surface area (Å²) >= 11 is 0. The molecule has 0 atom stereocenters. The summed E-state index contributed by atoms with van der Waals surface area (Å²) < 4.78 is 0. The monoisotopic (exact) mass is 211 g/mol. The molecule has 0 unspecified atom stereocenters. The summed E-state index contributed by atoms with van der Waals surface area (Å²) in [6.07, 6.45) is 0. The van der Waals surface area contributed by atoms with E-state index in [1.165, 1.54) is 0 Å². The van der Waals surface area contributed by atoms with Gasteiger partial charge in [0.05, 0.1) is 0 Å². The van der Waals surface area contributed by atoms with E-state index in [1.807, 2.05) is 0 Å². The number of nitrogens with one attached hydrogen (secondary N) is 1. The van der Waals surface area contributed by atoms with Crippen LogP contribution in [-0.2, 0) is 4.79 Å². The van der Waals surface area contributed by atoms with E-state index in [-0.39, 0.29) is 57.3 Å². The summed E-state index contributed by atoms with van der Waals surface area (Å²) in [4.78, 5) is 22.4. The van der Waals surface area contributed by atoms with E-state index >= 15 is 0 Å². The molecule has 2 rings (SSSR count). The third-order valence-electron chi connectivity index (χ3n) is 1.93. The van der Waals surface area contributed by atoms with Crippen LogP contribution in [0.5, 0.6) is 0 Å². The number of carbonyl (C=O) groups is 2. The number of imide groups is 1. The SMILES string of the molecule is C=C1C(=O)NC(=O)c2cc[c-]cc21.[K+]. The van der Waals surface area contributed by atoms with E-state index in [2.05, 4.69) is 18.0 Å². The van der Waals surface area contributed by atoms with E-state index in [9.17, 15) is 9.59 Å². The molecule has 1 aliphatic rings. The van der Waals surface area contributed by atoms with Gasteiger partial charge >= 0.3 is 51.4 Å². The number of rotatable bonds is 0. The Morgan fingerprint density at radius 1 is 1.21 bits per heavy atom. The van der Waals surface area contributed by atoms with Crippen molar-refractivity contribution in [2.24, 2.45) is 0 Å². The average molecular weight is 211 g/mol. The molecule has 0 radical (unpaired) electrons. The van der Waals surface area contributed by atoms with Gasteiger partial charge in [0, 0.05) is 0 Å². The zero-order valence-electron chi connectivity index (χ0n) is 7.76. The Morgan fingerprint density at radius 3 is 2.64 bits per heavy atom. The molecule has 4 heteroatoms. The van der Waals surface area contributed by atoms with Gasteiger partial charge in [0.1, 0.15) is 0 Å². The second-order valence-corrected chi connectivity index (χ2v) is 2.73. The zero-order valence-corrected chi connectivity index (χ0v) is 10.9. The van der Waals surface area contributed by atoms with Gasteiger partial charge in [0.25, 0.3) is 0 Å². The Morgan fingerprint density at radius 2 is 1.93 bits per heavy atom. The Bertz CT molecular complexity index is 426. The van der Waals surface area contributed by atoms with Crippen LogP contribution in [0.2, 0.25) is 0 Å². The van der Waals surface area contributed by atoms with Crippen LogP contribution in [0.4, 0.5) is 0 Å². The largest absolute Gasteiger partial charge is 1.00 e. The first-order chi connectivity index (χ1) is 6.20. The van der Waals surface area contributed by atoms with Gasteiger partial charge in [-0.15, -0.1) is 5.56 Å². The van der Waals surface area contributed by atoms with Crippen LogP contribution in [0.1, 0.15) is 15.9 Å². The van der Waals surface area contributed by atoms with E-state index in [0.29, 0.717) is 16.7 Å². The van der Waals surface area contributed by atoms with Crippen molar-refractivity contribution in [2.75, 3.05) is 0 Å². The molecule has 2 amide bonds. The van der Waals surface area contributed by atoms with Crippen molar-refractivity contribution in [3.8, 4) is 0 Å². The Labute approximate surface area is 124 Å². The second-order valence-electron chi connectivity index (χ2n) is 2.73. The van der Waals surface area contributed by atoms with Crippen LogP contribution in [0.25, 0.3) is 5.57 Å². The van der Waals surface area contributed by atoms with E-state index < -0.39 is 5.91 Å². The molecule has 0 bridgehead atoms. The third kappa shape index (κ3) is 1.89. The molecule has 0 aromatic heterocycles. The summed E-state index contributed by atoms with van der Waals surface area (Å²) in [6, 6.07) is 7.63. The summed E-state index contributed by atoms with van der Waals surface area (Å²) in [6.45, 7) is 3.59. The van der Waals surface area contributed by atoms with Crippen LogP contribution in [0, 0.1) is 6.07 Å². The molecular formula is C10H6KNO2. The number of amides is 2. The zero-order chi connectivity index (χ0) is 9.42. The number of fused-ring (bicyclic) bond motifs is 1. The van der Waals surface area contributed by atoms with Crippen molar-refractivity contribution in [1.82, 2.24) is 5.32 Å². The minimum atomic E-state index is -0.433. The molecule has 1 heterocycles. The molecule has 0 saturated carbocycles. The predicted octanol–water partition coefficient (Wildman–Crippen LogP) is -2.23. The van der Waals surface area contributed by atoms with Gasteiger partial charge < -0.3 is 0 Å². The Hall–Kier alpha value is -0.264. The topological polar surface area (TPSA) is 46.2 Å². The van der Waals surface area contributed by atoms with Crippen molar-refractivity contribution in [3.63, 3.8) is 0 Å². The van der Waals surface area contributed by atoms with Crippen LogP contribution in [0.3, 0.4) is 0 Å². The molecule has 0 fully saturated rings. The summed E-state index contributed by atoms with van der Waals surface area (Å²) in [5.74, 6) is -0.807. The first-order valence-corrected chi connectivity index (χ1v) is 3.75. The van der Waals surface area contributed by atoms with Crippen LogP contribution < -0.4 is 56.7 Å². The van der Waals surface area contributed by atoms with Gasteiger partial charge in [-0.05, 0) is 5.57 Å².